The van der Waals surface area contributed by atoms with Crippen molar-refractivity contribution in [3.8, 4) is 5.75 Å². The van der Waals surface area contributed by atoms with Crippen LogP contribution >= 0.6 is 0 Å². The van der Waals surface area contributed by atoms with E-state index in [1.807, 2.05) is 35.2 Å². The first-order chi connectivity index (χ1) is 10.3. The van der Waals surface area contributed by atoms with Gasteiger partial charge in [0.15, 0.2) is 0 Å². The van der Waals surface area contributed by atoms with E-state index in [2.05, 4.69) is 4.90 Å². The minimum atomic E-state index is 0.112. The molecule has 2 aliphatic heterocycles. The van der Waals surface area contributed by atoms with Gasteiger partial charge >= 0.3 is 0 Å². The molecule has 0 spiro atoms. The minimum Gasteiger partial charge on any atom is -0.489 e. The van der Waals surface area contributed by atoms with E-state index in [0.29, 0.717) is 13.1 Å². The van der Waals surface area contributed by atoms with Gasteiger partial charge in [-0.25, -0.2) is 0 Å². The molecule has 1 atom stereocenters. The normalized spacial score (nSPS) is 23.2. The summed E-state index contributed by atoms with van der Waals surface area (Å²) in [5.41, 5.74) is 0. The van der Waals surface area contributed by atoms with Crippen LogP contribution < -0.4 is 4.74 Å². The zero-order valence-electron chi connectivity index (χ0n) is 12.2. The van der Waals surface area contributed by atoms with Crippen LogP contribution in [0.5, 0.6) is 5.75 Å². The Morgan fingerprint density at radius 3 is 2.71 bits per heavy atom. The van der Waals surface area contributed by atoms with Crippen LogP contribution in [0, 0.1) is 0 Å². The van der Waals surface area contributed by atoms with Gasteiger partial charge in [0, 0.05) is 26.1 Å². The first-order valence-electron chi connectivity index (χ1n) is 7.61. The fourth-order valence-electron chi connectivity index (χ4n) is 2.79. The van der Waals surface area contributed by atoms with E-state index in [4.69, 9.17) is 9.47 Å². The van der Waals surface area contributed by atoms with E-state index in [0.717, 1.165) is 45.0 Å². The predicted molar refractivity (Wildman–Crippen MR) is 79.3 cm³/mol. The molecule has 1 aromatic rings. The smallest absolute Gasteiger partial charge is 0.236 e. The molecule has 0 saturated carbocycles. The standard InChI is InChI=1S/C16H22N2O3/c19-16(13-17-8-10-20-11-9-17)18-7-6-15(12-18)21-14-4-2-1-3-5-14/h1-5,15H,6-13H2/t15-/m1/s1. The number of carbonyl (C=O) groups is 1. The number of benzene rings is 1. The maximum Gasteiger partial charge on any atom is 0.236 e. The molecular weight excluding hydrogens is 268 g/mol. The van der Waals surface area contributed by atoms with E-state index in [1.165, 1.54) is 0 Å². The number of amides is 1. The molecule has 5 nitrogen and oxygen atoms in total. The fraction of sp³-hybridized carbons (Fsp3) is 0.562. The van der Waals surface area contributed by atoms with E-state index >= 15 is 0 Å². The number of para-hydroxylation sites is 1. The van der Waals surface area contributed by atoms with Crippen LogP contribution in [-0.4, -0.2) is 67.7 Å². The summed E-state index contributed by atoms with van der Waals surface area (Å²) in [4.78, 5) is 16.4. The van der Waals surface area contributed by atoms with Crippen molar-refractivity contribution >= 4 is 5.91 Å². The second-order valence-electron chi connectivity index (χ2n) is 5.57. The molecule has 2 fully saturated rings. The van der Waals surface area contributed by atoms with Gasteiger partial charge in [-0.15, -0.1) is 0 Å². The number of morpholine rings is 1. The third kappa shape index (κ3) is 3.95. The molecule has 114 valence electrons. The molecule has 3 rings (SSSR count). The first-order valence-corrected chi connectivity index (χ1v) is 7.61. The van der Waals surface area contributed by atoms with Crippen molar-refractivity contribution < 1.29 is 14.3 Å². The quantitative estimate of drug-likeness (QED) is 0.829. The Morgan fingerprint density at radius 1 is 1.19 bits per heavy atom. The number of likely N-dealkylation sites (tertiary alicyclic amines) is 1. The predicted octanol–water partition coefficient (Wildman–Crippen LogP) is 0.998. The van der Waals surface area contributed by atoms with Gasteiger partial charge in [-0.2, -0.15) is 0 Å². The summed E-state index contributed by atoms with van der Waals surface area (Å²) in [6.07, 6.45) is 1.02. The summed E-state index contributed by atoms with van der Waals surface area (Å²) in [6, 6.07) is 9.81. The summed E-state index contributed by atoms with van der Waals surface area (Å²) in [5.74, 6) is 1.08. The number of ether oxygens (including phenoxy) is 2. The second kappa shape index (κ2) is 6.91. The lowest BCUT2D eigenvalue weighted by molar-refractivity contribution is -0.132. The Hall–Kier alpha value is -1.59. The monoisotopic (exact) mass is 290 g/mol. The van der Waals surface area contributed by atoms with Crippen molar-refractivity contribution in [2.75, 3.05) is 45.9 Å². The van der Waals surface area contributed by atoms with E-state index in [1.54, 1.807) is 0 Å². The third-order valence-electron chi connectivity index (χ3n) is 4.01. The van der Waals surface area contributed by atoms with E-state index < -0.39 is 0 Å². The topological polar surface area (TPSA) is 42.0 Å². The maximum atomic E-state index is 12.3. The Kier molecular flexibility index (Phi) is 4.72. The highest BCUT2D eigenvalue weighted by molar-refractivity contribution is 5.78. The van der Waals surface area contributed by atoms with Gasteiger partial charge in [0.2, 0.25) is 5.91 Å². The number of nitrogens with zero attached hydrogens (tertiary/aromatic N) is 2. The zero-order chi connectivity index (χ0) is 14.5. The molecule has 21 heavy (non-hydrogen) atoms. The average Bonchev–Trinajstić information content (AvgIpc) is 2.98. The molecule has 0 N–H and O–H groups in total. The molecule has 2 saturated heterocycles. The highest BCUT2D eigenvalue weighted by atomic mass is 16.5. The van der Waals surface area contributed by atoms with E-state index in [-0.39, 0.29) is 12.0 Å². The largest absolute Gasteiger partial charge is 0.489 e. The lowest BCUT2D eigenvalue weighted by Crippen LogP contribution is -2.44. The van der Waals surface area contributed by atoms with Gasteiger partial charge in [-0.05, 0) is 12.1 Å². The Balaban J connectivity index is 1.46. The molecule has 0 aliphatic carbocycles. The molecule has 1 amide bonds. The Morgan fingerprint density at radius 2 is 1.95 bits per heavy atom. The number of hydrogen-bond acceptors (Lipinski definition) is 4. The van der Waals surface area contributed by atoms with Gasteiger partial charge < -0.3 is 14.4 Å². The van der Waals surface area contributed by atoms with Crippen LogP contribution in [-0.2, 0) is 9.53 Å². The highest BCUT2D eigenvalue weighted by Gasteiger charge is 2.28. The van der Waals surface area contributed by atoms with Crippen molar-refractivity contribution in [2.24, 2.45) is 0 Å². The van der Waals surface area contributed by atoms with Gasteiger partial charge in [-0.3, -0.25) is 9.69 Å². The Labute approximate surface area is 125 Å². The molecule has 2 aliphatic rings. The average molecular weight is 290 g/mol. The lowest BCUT2D eigenvalue weighted by Gasteiger charge is -2.28. The Bertz CT molecular complexity index is 460. The van der Waals surface area contributed by atoms with Crippen LogP contribution in [0.3, 0.4) is 0 Å². The second-order valence-corrected chi connectivity index (χ2v) is 5.57. The zero-order valence-corrected chi connectivity index (χ0v) is 12.2. The van der Waals surface area contributed by atoms with Crippen molar-refractivity contribution in [3.05, 3.63) is 30.3 Å². The maximum absolute atomic E-state index is 12.3. The summed E-state index contributed by atoms with van der Waals surface area (Å²) < 4.78 is 11.2. The summed E-state index contributed by atoms with van der Waals surface area (Å²) in [5, 5.41) is 0. The van der Waals surface area contributed by atoms with Gasteiger partial charge in [0.25, 0.3) is 0 Å². The summed E-state index contributed by atoms with van der Waals surface area (Å²) >= 11 is 0. The summed E-state index contributed by atoms with van der Waals surface area (Å²) in [6.45, 7) is 5.15. The van der Waals surface area contributed by atoms with Crippen LogP contribution in [0.4, 0.5) is 0 Å². The molecule has 0 unspecified atom stereocenters. The molecular formula is C16H22N2O3. The molecule has 5 heteroatoms. The molecule has 1 aromatic carbocycles. The van der Waals surface area contributed by atoms with E-state index in [9.17, 15) is 4.79 Å². The van der Waals surface area contributed by atoms with Crippen LogP contribution in [0.15, 0.2) is 30.3 Å². The van der Waals surface area contributed by atoms with Gasteiger partial charge in [0.05, 0.1) is 26.3 Å². The van der Waals surface area contributed by atoms with Crippen LogP contribution in [0.2, 0.25) is 0 Å². The van der Waals surface area contributed by atoms with Crippen LogP contribution in [0.1, 0.15) is 6.42 Å². The van der Waals surface area contributed by atoms with Crippen LogP contribution in [0.25, 0.3) is 0 Å². The molecule has 2 heterocycles. The van der Waals surface area contributed by atoms with Gasteiger partial charge in [-0.1, -0.05) is 18.2 Å². The summed E-state index contributed by atoms with van der Waals surface area (Å²) in [7, 11) is 0. The van der Waals surface area contributed by atoms with Crippen molar-refractivity contribution in [1.82, 2.24) is 9.80 Å². The SMILES string of the molecule is O=C(CN1CCOCC1)N1CC[C@@H](Oc2ccccc2)C1. The molecule has 0 aromatic heterocycles. The van der Waals surface area contributed by atoms with Crippen molar-refractivity contribution in [1.29, 1.82) is 0 Å². The lowest BCUT2D eigenvalue weighted by atomic mass is 10.3. The third-order valence-corrected chi connectivity index (χ3v) is 4.01. The van der Waals surface area contributed by atoms with Crippen molar-refractivity contribution in [3.63, 3.8) is 0 Å². The number of rotatable bonds is 4. The number of hydrogen-bond donors (Lipinski definition) is 0. The first kappa shape index (κ1) is 14.4. The highest BCUT2D eigenvalue weighted by Crippen LogP contribution is 2.18. The minimum absolute atomic E-state index is 0.112. The molecule has 0 radical (unpaired) electrons. The molecule has 0 bridgehead atoms. The van der Waals surface area contributed by atoms with Gasteiger partial charge in [0.1, 0.15) is 11.9 Å². The number of carbonyl (C=O) groups excluding carboxylic acids is 1. The fourth-order valence-corrected chi connectivity index (χ4v) is 2.79. The van der Waals surface area contributed by atoms with Crippen molar-refractivity contribution in [2.45, 2.75) is 12.5 Å².